The summed E-state index contributed by atoms with van der Waals surface area (Å²) < 4.78 is 14.2. The number of benzene rings is 1. The quantitative estimate of drug-likeness (QED) is 0.840. The van der Waals surface area contributed by atoms with Crippen molar-refractivity contribution in [2.45, 2.75) is 38.8 Å². The number of nitrogens with one attached hydrogen (secondary N) is 1. The summed E-state index contributed by atoms with van der Waals surface area (Å²) in [5.74, 6) is 0.543. The van der Waals surface area contributed by atoms with Crippen molar-refractivity contribution in [2.24, 2.45) is 5.92 Å². The highest BCUT2D eigenvalue weighted by Gasteiger charge is 2.18. The normalized spacial score (nSPS) is 23.1. The van der Waals surface area contributed by atoms with Crippen LogP contribution < -0.4 is 5.32 Å². The third-order valence-corrected chi connectivity index (χ3v) is 3.67. The first-order chi connectivity index (χ1) is 8.25. The predicted molar refractivity (Wildman–Crippen MR) is 69.9 cm³/mol. The summed E-state index contributed by atoms with van der Waals surface area (Å²) in [7, 11) is 0. The molecule has 1 aromatic carbocycles. The largest absolute Gasteiger partial charge is 0.317 e. The lowest BCUT2D eigenvalue weighted by molar-refractivity contribution is 0.261. The molecule has 17 heavy (non-hydrogen) atoms. The zero-order chi connectivity index (χ0) is 12.1. The standard InChI is InChI=1S/C15H22FN/c1-12-4-6-14(7-5-12)15(16)11-13-3-2-9-17-10-8-13/h4-7,13,15,17H,2-3,8-11H2,1H3. The van der Waals surface area contributed by atoms with Gasteiger partial charge in [-0.25, -0.2) is 4.39 Å². The van der Waals surface area contributed by atoms with E-state index in [9.17, 15) is 4.39 Å². The van der Waals surface area contributed by atoms with Gasteiger partial charge >= 0.3 is 0 Å². The van der Waals surface area contributed by atoms with Gasteiger partial charge in [-0.3, -0.25) is 0 Å². The van der Waals surface area contributed by atoms with Gasteiger partial charge in [0.25, 0.3) is 0 Å². The zero-order valence-corrected chi connectivity index (χ0v) is 10.6. The molecular formula is C15H22FN. The number of aryl methyl sites for hydroxylation is 1. The second-order valence-electron chi connectivity index (χ2n) is 5.16. The zero-order valence-electron chi connectivity index (χ0n) is 10.6. The Morgan fingerprint density at radius 1 is 1.24 bits per heavy atom. The second-order valence-corrected chi connectivity index (χ2v) is 5.16. The van der Waals surface area contributed by atoms with Crippen molar-refractivity contribution in [3.8, 4) is 0 Å². The fraction of sp³-hybridized carbons (Fsp3) is 0.600. The molecule has 1 saturated heterocycles. The van der Waals surface area contributed by atoms with E-state index in [0.717, 1.165) is 25.1 Å². The molecule has 0 saturated carbocycles. The SMILES string of the molecule is Cc1ccc(C(F)CC2CCCNCC2)cc1. The third kappa shape index (κ3) is 3.81. The Morgan fingerprint density at radius 2 is 2.00 bits per heavy atom. The van der Waals surface area contributed by atoms with Crippen molar-refractivity contribution in [2.75, 3.05) is 13.1 Å². The molecule has 0 amide bonds. The molecule has 0 spiro atoms. The first-order valence-corrected chi connectivity index (χ1v) is 6.67. The Labute approximate surface area is 103 Å². The molecule has 0 aromatic heterocycles. The highest BCUT2D eigenvalue weighted by Crippen LogP contribution is 2.29. The van der Waals surface area contributed by atoms with Crippen LogP contribution in [0.2, 0.25) is 0 Å². The predicted octanol–water partition coefficient (Wildman–Crippen LogP) is 3.79. The maximum Gasteiger partial charge on any atom is 0.125 e. The number of hydrogen-bond donors (Lipinski definition) is 1. The average Bonchev–Trinajstić information content (AvgIpc) is 2.58. The Hall–Kier alpha value is -0.890. The molecule has 94 valence electrons. The smallest absolute Gasteiger partial charge is 0.125 e. The van der Waals surface area contributed by atoms with Crippen LogP contribution in [0.25, 0.3) is 0 Å². The van der Waals surface area contributed by atoms with Crippen molar-refractivity contribution in [1.82, 2.24) is 5.32 Å². The Bertz CT molecular complexity index is 325. The molecule has 0 aliphatic carbocycles. The van der Waals surface area contributed by atoms with Gasteiger partial charge in [0.05, 0.1) is 0 Å². The van der Waals surface area contributed by atoms with Crippen LogP contribution in [-0.2, 0) is 0 Å². The summed E-state index contributed by atoms with van der Waals surface area (Å²) in [6.07, 6.45) is 3.36. The van der Waals surface area contributed by atoms with Crippen molar-refractivity contribution < 1.29 is 4.39 Å². The van der Waals surface area contributed by atoms with E-state index in [0.29, 0.717) is 12.3 Å². The van der Waals surface area contributed by atoms with Crippen LogP contribution in [0.15, 0.2) is 24.3 Å². The number of hydrogen-bond acceptors (Lipinski definition) is 1. The van der Waals surface area contributed by atoms with E-state index in [1.807, 2.05) is 31.2 Å². The van der Waals surface area contributed by atoms with Gasteiger partial charge in [-0.1, -0.05) is 29.8 Å². The molecule has 1 fully saturated rings. The van der Waals surface area contributed by atoms with Crippen LogP contribution in [0.5, 0.6) is 0 Å². The molecule has 0 radical (unpaired) electrons. The first kappa shape index (κ1) is 12.6. The van der Waals surface area contributed by atoms with E-state index in [1.54, 1.807) is 0 Å². The minimum Gasteiger partial charge on any atom is -0.317 e. The van der Waals surface area contributed by atoms with Crippen molar-refractivity contribution in [3.05, 3.63) is 35.4 Å². The van der Waals surface area contributed by atoms with Crippen LogP contribution in [0.1, 0.15) is 43.0 Å². The summed E-state index contributed by atoms with van der Waals surface area (Å²) in [5, 5.41) is 3.38. The van der Waals surface area contributed by atoms with Gasteiger partial charge in [0.1, 0.15) is 6.17 Å². The minimum absolute atomic E-state index is 0.543. The Kier molecular flexibility index (Phi) is 4.55. The highest BCUT2D eigenvalue weighted by molar-refractivity contribution is 5.23. The lowest BCUT2D eigenvalue weighted by atomic mass is 9.92. The molecule has 0 bridgehead atoms. The summed E-state index contributed by atoms with van der Waals surface area (Å²) in [4.78, 5) is 0. The van der Waals surface area contributed by atoms with Crippen molar-refractivity contribution >= 4 is 0 Å². The summed E-state index contributed by atoms with van der Waals surface area (Å²) in [6, 6.07) is 7.84. The topological polar surface area (TPSA) is 12.0 Å². The van der Waals surface area contributed by atoms with E-state index in [4.69, 9.17) is 0 Å². The fourth-order valence-electron chi connectivity index (χ4n) is 2.53. The first-order valence-electron chi connectivity index (χ1n) is 6.67. The van der Waals surface area contributed by atoms with Crippen molar-refractivity contribution in [1.29, 1.82) is 0 Å². The highest BCUT2D eigenvalue weighted by atomic mass is 19.1. The maximum absolute atomic E-state index is 14.2. The van der Waals surface area contributed by atoms with Gasteiger partial charge < -0.3 is 5.32 Å². The van der Waals surface area contributed by atoms with Gasteiger partial charge in [-0.2, -0.15) is 0 Å². The van der Waals surface area contributed by atoms with Gasteiger partial charge in [-0.05, 0) is 57.2 Å². The molecule has 1 aromatic rings. The van der Waals surface area contributed by atoms with Crippen LogP contribution >= 0.6 is 0 Å². The van der Waals surface area contributed by atoms with E-state index >= 15 is 0 Å². The van der Waals surface area contributed by atoms with Gasteiger partial charge in [0.2, 0.25) is 0 Å². The number of halogens is 1. The molecule has 1 heterocycles. The van der Waals surface area contributed by atoms with E-state index in [2.05, 4.69) is 5.32 Å². The summed E-state index contributed by atoms with van der Waals surface area (Å²) >= 11 is 0. The van der Waals surface area contributed by atoms with E-state index in [1.165, 1.54) is 18.4 Å². The Morgan fingerprint density at radius 3 is 2.76 bits per heavy atom. The van der Waals surface area contributed by atoms with Gasteiger partial charge in [0.15, 0.2) is 0 Å². The molecule has 2 unspecified atom stereocenters. The number of rotatable bonds is 3. The molecular weight excluding hydrogens is 213 g/mol. The van der Waals surface area contributed by atoms with Crippen LogP contribution in [0.4, 0.5) is 4.39 Å². The molecule has 2 rings (SSSR count). The van der Waals surface area contributed by atoms with Crippen LogP contribution in [-0.4, -0.2) is 13.1 Å². The summed E-state index contributed by atoms with van der Waals surface area (Å²) in [6.45, 7) is 4.18. The van der Waals surface area contributed by atoms with Crippen molar-refractivity contribution in [3.63, 3.8) is 0 Å². The Balaban J connectivity index is 1.91. The molecule has 1 N–H and O–H groups in total. The van der Waals surface area contributed by atoms with E-state index in [-0.39, 0.29) is 0 Å². The van der Waals surface area contributed by atoms with Crippen LogP contribution in [0.3, 0.4) is 0 Å². The minimum atomic E-state index is -0.793. The third-order valence-electron chi connectivity index (χ3n) is 3.67. The molecule has 1 aliphatic heterocycles. The molecule has 2 atom stereocenters. The van der Waals surface area contributed by atoms with E-state index < -0.39 is 6.17 Å². The monoisotopic (exact) mass is 235 g/mol. The van der Waals surface area contributed by atoms with Crippen LogP contribution in [0, 0.1) is 12.8 Å². The molecule has 1 aliphatic rings. The second kappa shape index (κ2) is 6.15. The number of alkyl halides is 1. The molecule has 2 heteroatoms. The average molecular weight is 235 g/mol. The summed E-state index contributed by atoms with van der Waals surface area (Å²) in [5.41, 5.74) is 2.03. The maximum atomic E-state index is 14.2. The lowest BCUT2D eigenvalue weighted by Crippen LogP contribution is -2.14. The van der Waals surface area contributed by atoms with Gasteiger partial charge in [0, 0.05) is 0 Å². The molecule has 1 nitrogen and oxygen atoms in total. The van der Waals surface area contributed by atoms with Gasteiger partial charge in [-0.15, -0.1) is 0 Å². The lowest BCUT2D eigenvalue weighted by Gasteiger charge is -2.17. The fourth-order valence-corrected chi connectivity index (χ4v) is 2.53.